The molecule has 0 radical (unpaired) electrons. The zero-order valence-electron chi connectivity index (χ0n) is 21.1. The minimum atomic E-state index is -0.714. The molecule has 36 heavy (non-hydrogen) atoms. The monoisotopic (exact) mass is 488 g/mol. The maximum atomic E-state index is 13.9. The Balaban J connectivity index is 1.85. The summed E-state index contributed by atoms with van der Waals surface area (Å²) in [4.78, 5) is 30.3. The van der Waals surface area contributed by atoms with Gasteiger partial charge in [-0.05, 0) is 43.1 Å². The summed E-state index contributed by atoms with van der Waals surface area (Å²) in [5.41, 5.74) is 3.09. The summed E-state index contributed by atoms with van der Waals surface area (Å²) in [6.07, 6.45) is 1.62. The van der Waals surface area contributed by atoms with Crippen molar-refractivity contribution in [2.45, 2.75) is 25.6 Å². The van der Waals surface area contributed by atoms with Crippen LogP contribution >= 0.6 is 0 Å². The van der Waals surface area contributed by atoms with Gasteiger partial charge in [-0.15, -0.1) is 0 Å². The second-order valence-corrected chi connectivity index (χ2v) is 9.79. The molecular weight excluding hydrogens is 456 g/mol. The number of rotatable bonds is 6. The molecule has 1 spiro atoms. The van der Waals surface area contributed by atoms with Crippen LogP contribution in [0.15, 0.2) is 65.6 Å². The molecule has 8 heteroatoms. The van der Waals surface area contributed by atoms with Crippen molar-refractivity contribution in [1.29, 1.82) is 0 Å². The summed E-state index contributed by atoms with van der Waals surface area (Å²) in [5.74, 6) is -0.911. The van der Waals surface area contributed by atoms with Crippen LogP contribution in [0.3, 0.4) is 0 Å². The van der Waals surface area contributed by atoms with Crippen molar-refractivity contribution in [1.82, 2.24) is 14.5 Å². The molecule has 2 aliphatic heterocycles. The Morgan fingerprint density at radius 3 is 2.08 bits per heavy atom. The summed E-state index contributed by atoms with van der Waals surface area (Å²) in [5, 5.41) is 13.1. The zero-order valence-corrected chi connectivity index (χ0v) is 21.1. The molecule has 188 valence electrons. The molecule has 0 bridgehead atoms. The Morgan fingerprint density at radius 1 is 0.972 bits per heavy atom. The second-order valence-electron chi connectivity index (χ2n) is 9.79. The van der Waals surface area contributed by atoms with Crippen molar-refractivity contribution < 1.29 is 14.6 Å². The van der Waals surface area contributed by atoms with Gasteiger partial charge in [-0.1, -0.05) is 48.5 Å². The van der Waals surface area contributed by atoms with Gasteiger partial charge in [0.2, 0.25) is 5.43 Å². The molecule has 1 aromatic heterocycles. The molecule has 3 heterocycles. The van der Waals surface area contributed by atoms with Crippen molar-refractivity contribution >= 4 is 5.91 Å². The standard InChI is InChI=1S/C28H32N4O4/c1-19-9-5-7-11-21(19)24(22-12-8-6-10-20(22)2)32-28(17-29(3)18-28)30(15-16-36-4)27(35)25-26(34)23(33)13-14-31(25)32/h5-14,24,34H,15-18H2,1-4H3. The number of methoxy groups -OCH3 is 1. The molecule has 1 saturated heterocycles. The number of amides is 1. The molecule has 1 fully saturated rings. The quantitative estimate of drug-likeness (QED) is 0.575. The molecule has 0 atom stereocenters. The Morgan fingerprint density at radius 2 is 1.56 bits per heavy atom. The maximum Gasteiger partial charge on any atom is 0.278 e. The number of hydrogen-bond donors (Lipinski definition) is 1. The summed E-state index contributed by atoms with van der Waals surface area (Å²) < 4.78 is 7.08. The fourth-order valence-electron chi connectivity index (χ4n) is 5.75. The minimum Gasteiger partial charge on any atom is -0.502 e. The van der Waals surface area contributed by atoms with E-state index in [1.165, 1.54) is 6.07 Å². The molecule has 0 saturated carbocycles. The Labute approximate surface area is 210 Å². The third kappa shape index (κ3) is 3.60. The molecule has 3 aromatic rings. The number of aryl methyl sites for hydroxylation is 2. The number of carbonyl (C=O) groups is 1. The predicted octanol–water partition coefficient (Wildman–Crippen LogP) is 2.64. The van der Waals surface area contributed by atoms with Crippen molar-refractivity contribution in [3.05, 3.63) is 99.0 Å². The highest BCUT2D eigenvalue weighted by molar-refractivity contribution is 5.97. The van der Waals surface area contributed by atoms with Gasteiger partial charge in [0.15, 0.2) is 17.1 Å². The SMILES string of the molecule is COCCN1C(=O)c2c(O)c(=O)ccn2N(C(c2ccccc2C)c2ccccc2C)C12CN(C)C2. The number of aromatic hydroxyl groups is 1. The van der Waals surface area contributed by atoms with E-state index in [0.29, 0.717) is 26.2 Å². The van der Waals surface area contributed by atoms with Crippen LogP contribution in [0.1, 0.15) is 38.8 Å². The van der Waals surface area contributed by atoms with Crippen molar-refractivity contribution in [3.63, 3.8) is 0 Å². The Kier molecular flexibility index (Phi) is 6.10. The van der Waals surface area contributed by atoms with Crippen molar-refractivity contribution in [2.75, 3.05) is 45.4 Å². The van der Waals surface area contributed by atoms with E-state index >= 15 is 0 Å². The zero-order chi connectivity index (χ0) is 25.6. The van der Waals surface area contributed by atoms with Crippen LogP contribution in [-0.2, 0) is 4.74 Å². The molecule has 0 unspecified atom stereocenters. The molecule has 1 N–H and O–H groups in total. The number of pyridine rings is 1. The van der Waals surface area contributed by atoms with Crippen molar-refractivity contribution in [3.8, 4) is 5.75 Å². The lowest BCUT2D eigenvalue weighted by Gasteiger charge is -2.64. The van der Waals surface area contributed by atoms with E-state index in [1.54, 1.807) is 22.9 Å². The summed E-state index contributed by atoms with van der Waals surface area (Å²) in [6.45, 7) is 6.04. The smallest absolute Gasteiger partial charge is 0.278 e. The van der Waals surface area contributed by atoms with Crippen LogP contribution in [-0.4, -0.2) is 71.6 Å². The molecular formula is C28H32N4O4. The number of likely N-dealkylation sites (N-methyl/N-ethyl adjacent to an activating group) is 1. The first-order valence-electron chi connectivity index (χ1n) is 12.1. The van der Waals surface area contributed by atoms with Gasteiger partial charge >= 0.3 is 0 Å². The van der Waals surface area contributed by atoms with E-state index in [2.05, 4.69) is 48.0 Å². The van der Waals surface area contributed by atoms with Crippen LogP contribution in [0.4, 0.5) is 0 Å². The van der Waals surface area contributed by atoms with E-state index in [0.717, 1.165) is 22.3 Å². The normalized spacial score (nSPS) is 17.0. The third-order valence-electron chi connectivity index (χ3n) is 7.44. The largest absolute Gasteiger partial charge is 0.502 e. The lowest BCUT2D eigenvalue weighted by atomic mass is 9.86. The number of fused-ring (bicyclic) bond motifs is 1. The van der Waals surface area contributed by atoms with Crippen LogP contribution < -0.4 is 10.4 Å². The average Bonchev–Trinajstić information content (AvgIpc) is 2.84. The highest BCUT2D eigenvalue weighted by atomic mass is 16.5. The molecule has 5 rings (SSSR count). The van der Waals surface area contributed by atoms with E-state index in [4.69, 9.17) is 4.74 Å². The van der Waals surface area contributed by atoms with Gasteiger partial charge in [0.05, 0.1) is 12.6 Å². The maximum absolute atomic E-state index is 13.9. The van der Waals surface area contributed by atoms with Gasteiger partial charge in [-0.25, -0.2) is 0 Å². The first kappa shape index (κ1) is 24.1. The highest BCUT2D eigenvalue weighted by Gasteiger charge is 2.59. The predicted molar refractivity (Wildman–Crippen MR) is 138 cm³/mol. The van der Waals surface area contributed by atoms with Crippen molar-refractivity contribution in [2.24, 2.45) is 0 Å². The van der Waals surface area contributed by atoms with E-state index in [-0.39, 0.29) is 17.6 Å². The summed E-state index contributed by atoms with van der Waals surface area (Å²) in [6, 6.07) is 17.5. The van der Waals surface area contributed by atoms with Gasteiger partial charge in [0, 0.05) is 39.0 Å². The first-order chi connectivity index (χ1) is 17.3. The summed E-state index contributed by atoms with van der Waals surface area (Å²) >= 11 is 0. The number of aromatic nitrogens is 1. The lowest BCUT2D eigenvalue weighted by molar-refractivity contribution is -0.0640. The van der Waals surface area contributed by atoms with Crippen LogP contribution in [0, 0.1) is 13.8 Å². The fourth-order valence-corrected chi connectivity index (χ4v) is 5.75. The molecule has 1 amide bonds. The molecule has 2 aromatic carbocycles. The van der Waals surface area contributed by atoms with Gasteiger partial charge < -0.3 is 14.7 Å². The average molecular weight is 489 g/mol. The van der Waals surface area contributed by atoms with E-state index < -0.39 is 16.8 Å². The number of hydrogen-bond acceptors (Lipinski definition) is 6. The van der Waals surface area contributed by atoms with Gasteiger partial charge in [0.25, 0.3) is 5.91 Å². The van der Waals surface area contributed by atoms with Crippen LogP contribution in [0.5, 0.6) is 5.75 Å². The Bertz CT molecular complexity index is 1320. The van der Waals surface area contributed by atoms with E-state index in [9.17, 15) is 14.7 Å². The van der Waals surface area contributed by atoms with Gasteiger partial charge in [-0.3, -0.25) is 24.2 Å². The minimum absolute atomic E-state index is 0.0223. The third-order valence-corrected chi connectivity index (χ3v) is 7.44. The number of likely N-dealkylation sites (tertiary alicyclic amines) is 1. The molecule has 8 nitrogen and oxygen atoms in total. The van der Waals surface area contributed by atoms with E-state index in [1.807, 2.05) is 31.3 Å². The first-order valence-corrected chi connectivity index (χ1v) is 12.1. The topological polar surface area (TPSA) is 78.2 Å². The fraction of sp³-hybridized carbons (Fsp3) is 0.357. The number of carbonyl (C=O) groups excluding carboxylic acids is 1. The number of nitrogens with zero attached hydrogens (tertiary/aromatic N) is 4. The molecule has 2 aliphatic rings. The summed E-state index contributed by atoms with van der Waals surface area (Å²) in [7, 11) is 3.63. The van der Waals surface area contributed by atoms with Gasteiger partial charge in [0.1, 0.15) is 0 Å². The van der Waals surface area contributed by atoms with Gasteiger partial charge in [-0.2, -0.15) is 0 Å². The lowest BCUT2D eigenvalue weighted by Crippen LogP contribution is -2.83. The molecule has 0 aliphatic carbocycles. The number of ether oxygens (including phenoxy) is 1. The highest BCUT2D eigenvalue weighted by Crippen LogP contribution is 2.44. The second kappa shape index (κ2) is 9.11. The Hall–Kier alpha value is -3.62. The van der Waals surface area contributed by atoms with Crippen LogP contribution in [0.25, 0.3) is 0 Å². The van der Waals surface area contributed by atoms with Crippen LogP contribution in [0.2, 0.25) is 0 Å². The number of benzene rings is 2.